The van der Waals surface area contributed by atoms with Crippen molar-refractivity contribution in [2.75, 3.05) is 17.2 Å². The van der Waals surface area contributed by atoms with Crippen molar-refractivity contribution in [1.82, 2.24) is 0 Å². The van der Waals surface area contributed by atoms with E-state index in [9.17, 15) is 0 Å². The van der Waals surface area contributed by atoms with E-state index < -0.39 is 0 Å². The largest absolute Gasteiger partial charge is 0.395 e. The van der Waals surface area contributed by atoms with Gasteiger partial charge in [-0.3, -0.25) is 9.98 Å². The van der Waals surface area contributed by atoms with Crippen LogP contribution in [-0.2, 0) is 6.42 Å². The quantitative estimate of drug-likeness (QED) is 0.0684. The molecule has 4 nitrogen and oxygen atoms in total. The number of nitrogens with two attached hydrogens (primary N) is 1. The predicted octanol–water partition coefficient (Wildman–Crippen LogP) is 10.9. The van der Waals surface area contributed by atoms with Crippen molar-refractivity contribution >= 4 is 46.4 Å². The summed E-state index contributed by atoms with van der Waals surface area (Å²) in [6, 6.07) is 46.3. The number of aliphatic imine (C=N–C) groups is 1. The highest BCUT2D eigenvalue weighted by atomic mass is 15.1. The van der Waals surface area contributed by atoms with E-state index in [2.05, 4.69) is 163 Å². The molecule has 0 radical (unpaired) electrons. The van der Waals surface area contributed by atoms with Crippen LogP contribution in [0.15, 0.2) is 162 Å². The lowest BCUT2D eigenvalue weighted by molar-refractivity contribution is 1.08. The second kappa shape index (κ2) is 18.1. The number of hydrogen-bond donors (Lipinski definition) is 1. The maximum atomic E-state index is 6.77. The van der Waals surface area contributed by atoms with Crippen LogP contribution in [0, 0.1) is 6.92 Å². The highest BCUT2D eigenvalue weighted by molar-refractivity contribution is 6.03. The molecule has 0 fully saturated rings. The van der Waals surface area contributed by atoms with Crippen LogP contribution in [0.4, 0.5) is 17.1 Å². The van der Waals surface area contributed by atoms with E-state index >= 15 is 0 Å². The fourth-order valence-corrected chi connectivity index (χ4v) is 6.05. The Morgan fingerprint density at radius 2 is 1.33 bits per heavy atom. The van der Waals surface area contributed by atoms with Crippen LogP contribution in [0.1, 0.15) is 43.9 Å². The highest BCUT2D eigenvalue weighted by Crippen LogP contribution is 2.36. The first kappa shape index (κ1) is 36.3. The van der Waals surface area contributed by atoms with Crippen LogP contribution in [-0.4, -0.2) is 13.3 Å². The Bertz CT molecular complexity index is 2220. The molecule has 256 valence electrons. The molecule has 6 aromatic rings. The zero-order chi connectivity index (χ0) is 36.0. The summed E-state index contributed by atoms with van der Waals surface area (Å²) in [5, 5.41) is 4.32. The molecule has 1 heterocycles. The van der Waals surface area contributed by atoms with Gasteiger partial charge in [-0.05, 0) is 66.3 Å². The molecule has 1 aliphatic heterocycles. The van der Waals surface area contributed by atoms with Gasteiger partial charge in [0.15, 0.2) is 0 Å². The summed E-state index contributed by atoms with van der Waals surface area (Å²) in [6.45, 7) is 12.8. The van der Waals surface area contributed by atoms with Crippen LogP contribution in [0.2, 0.25) is 0 Å². The summed E-state index contributed by atoms with van der Waals surface area (Å²) in [7, 11) is 0. The lowest BCUT2D eigenvalue weighted by Gasteiger charge is -2.28. The summed E-state index contributed by atoms with van der Waals surface area (Å²) in [5.41, 5.74) is 16.4. The van der Waals surface area contributed by atoms with Crippen molar-refractivity contribution in [2.24, 2.45) is 9.98 Å². The Balaban J connectivity index is 0.000000495. The van der Waals surface area contributed by atoms with Gasteiger partial charge in [0.2, 0.25) is 0 Å². The first-order valence-corrected chi connectivity index (χ1v) is 17.8. The van der Waals surface area contributed by atoms with E-state index in [-0.39, 0.29) is 0 Å². The van der Waals surface area contributed by atoms with Crippen LogP contribution < -0.4 is 21.2 Å². The Kier molecular flexibility index (Phi) is 12.9. The highest BCUT2D eigenvalue weighted by Gasteiger charge is 2.20. The molecule has 0 saturated heterocycles. The van der Waals surface area contributed by atoms with Gasteiger partial charge in [0.1, 0.15) is 0 Å². The van der Waals surface area contributed by atoms with E-state index in [1.165, 1.54) is 16.5 Å². The first-order valence-electron chi connectivity index (χ1n) is 17.8. The minimum atomic E-state index is 0.714. The summed E-state index contributed by atoms with van der Waals surface area (Å²) >= 11 is 0. The predicted molar refractivity (Wildman–Crippen MR) is 222 cm³/mol. The lowest BCUT2D eigenvalue weighted by atomic mass is 10.00. The molecule has 0 spiro atoms. The second-order valence-electron chi connectivity index (χ2n) is 12.0. The van der Waals surface area contributed by atoms with Gasteiger partial charge < -0.3 is 10.6 Å². The number of fused-ring (bicyclic) bond motifs is 3. The normalized spacial score (nSPS) is 11.5. The Morgan fingerprint density at radius 3 is 1.88 bits per heavy atom. The van der Waals surface area contributed by atoms with Gasteiger partial charge in [0, 0.05) is 29.0 Å². The third-order valence-electron chi connectivity index (χ3n) is 8.70. The molecule has 0 bridgehead atoms. The second-order valence-corrected chi connectivity index (χ2v) is 12.0. The summed E-state index contributed by atoms with van der Waals surface area (Å²) in [4.78, 5) is 11.1. The maximum absolute atomic E-state index is 6.77. The smallest absolute Gasteiger partial charge is 0.0974 e. The molecule has 0 aliphatic carbocycles. The minimum absolute atomic E-state index is 0.714. The van der Waals surface area contributed by atoms with E-state index in [4.69, 9.17) is 5.73 Å². The number of hydrogen-bond acceptors (Lipinski definition) is 4. The van der Waals surface area contributed by atoms with Gasteiger partial charge in [-0.15, -0.1) is 0 Å². The Morgan fingerprint density at radius 1 is 0.745 bits per heavy atom. The van der Waals surface area contributed by atoms with Gasteiger partial charge >= 0.3 is 0 Å². The van der Waals surface area contributed by atoms with Crippen molar-refractivity contribution in [2.45, 2.75) is 40.5 Å². The van der Waals surface area contributed by atoms with E-state index in [0.29, 0.717) is 6.54 Å². The molecule has 0 aromatic heterocycles. The van der Waals surface area contributed by atoms with Crippen LogP contribution in [0.3, 0.4) is 0 Å². The summed E-state index contributed by atoms with van der Waals surface area (Å²) in [5.74, 6) is 0. The van der Waals surface area contributed by atoms with Crippen molar-refractivity contribution in [3.8, 4) is 11.1 Å². The summed E-state index contributed by atoms with van der Waals surface area (Å²) < 4.78 is 0. The van der Waals surface area contributed by atoms with Gasteiger partial charge in [-0.1, -0.05) is 166 Å². The number of allylic oxidation sites excluding steroid dienone is 2. The zero-order valence-corrected chi connectivity index (χ0v) is 30.3. The van der Waals surface area contributed by atoms with Crippen LogP contribution in [0.5, 0.6) is 0 Å². The molecule has 4 heteroatoms. The Hall–Kier alpha value is -6.00. The van der Waals surface area contributed by atoms with E-state index in [0.717, 1.165) is 68.3 Å². The number of aryl methyl sites for hydroxylation is 1. The van der Waals surface area contributed by atoms with Gasteiger partial charge in [0.05, 0.1) is 22.4 Å². The van der Waals surface area contributed by atoms with E-state index in [1.807, 2.05) is 44.3 Å². The SMILES string of the molecule is C=N/C(=C\Cc1ccccc1)c1ccc(-c2ccc(N(C/C=C\CC)c3c(N)c4c(c5ccccc35)=CN=4)cc2)cc1.CC.Cc1ccccc1. The molecular formula is C47H48N4. The molecule has 0 amide bonds. The van der Waals surface area contributed by atoms with Crippen molar-refractivity contribution in [1.29, 1.82) is 0 Å². The average molecular weight is 669 g/mol. The lowest BCUT2D eigenvalue weighted by Crippen LogP contribution is -2.36. The number of nitrogen functional groups attached to an aromatic ring is 1. The average Bonchev–Trinajstić information content (AvgIpc) is 3.17. The minimum Gasteiger partial charge on any atom is -0.395 e. The number of nitrogens with zero attached hydrogens (tertiary/aromatic N) is 3. The number of benzene rings is 6. The fourth-order valence-electron chi connectivity index (χ4n) is 6.05. The Labute approximate surface area is 303 Å². The van der Waals surface area contributed by atoms with Crippen molar-refractivity contribution < 1.29 is 0 Å². The molecule has 1 aliphatic rings. The molecule has 51 heavy (non-hydrogen) atoms. The molecular weight excluding hydrogens is 621 g/mol. The maximum Gasteiger partial charge on any atom is 0.0974 e. The number of rotatable bonds is 10. The van der Waals surface area contributed by atoms with Crippen molar-refractivity contribution in [3.63, 3.8) is 0 Å². The summed E-state index contributed by atoms with van der Waals surface area (Å²) in [6.07, 6.45) is 10.2. The monoisotopic (exact) mass is 668 g/mol. The van der Waals surface area contributed by atoms with Crippen LogP contribution >= 0.6 is 0 Å². The molecule has 0 saturated carbocycles. The third-order valence-corrected chi connectivity index (χ3v) is 8.70. The standard InChI is InChI=1S/C38H34N4.C7H8.C2H6/c1-3-4-10-25-42(38-33-14-9-8-13-32(33)34-26-41-37(34)36(38)39)31-22-20-29(21-23-31)28-16-18-30(19-17-28)35(40-2)24-15-27-11-6-5-7-12-27;1-7-5-3-2-4-6-7;1-2/h4-14,16-24,26H,2-3,15,25,39H2,1H3;2-6H,1H3;1-2H3/b10-4-,35-24-;;. The zero-order valence-electron chi connectivity index (χ0n) is 30.3. The van der Waals surface area contributed by atoms with Gasteiger partial charge in [-0.25, -0.2) is 0 Å². The molecule has 7 rings (SSSR count). The van der Waals surface area contributed by atoms with Crippen LogP contribution in [0.25, 0.3) is 33.8 Å². The fraction of sp³-hybridized carbons (Fsp3) is 0.149. The third kappa shape index (κ3) is 8.78. The first-order chi connectivity index (χ1) is 25.1. The molecule has 0 atom stereocenters. The topological polar surface area (TPSA) is 54.0 Å². The molecule has 6 aromatic carbocycles. The molecule has 2 N–H and O–H groups in total. The van der Waals surface area contributed by atoms with E-state index in [1.54, 1.807) is 0 Å². The van der Waals surface area contributed by atoms with Gasteiger partial charge in [0.25, 0.3) is 0 Å². The number of anilines is 3. The van der Waals surface area contributed by atoms with Gasteiger partial charge in [-0.2, -0.15) is 0 Å². The van der Waals surface area contributed by atoms with Crippen molar-refractivity contribution in [3.05, 3.63) is 179 Å². The molecule has 0 unspecified atom stereocenters.